The third kappa shape index (κ3) is 4.64. The van der Waals surface area contributed by atoms with Crippen molar-refractivity contribution in [2.75, 3.05) is 0 Å². The van der Waals surface area contributed by atoms with E-state index in [1.807, 2.05) is 19.9 Å². The molecule has 0 atom stereocenters. The van der Waals surface area contributed by atoms with Crippen molar-refractivity contribution in [1.29, 1.82) is 0 Å². The molecule has 0 bridgehead atoms. The zero-order valence-corrected chi connectivity index (χ0v) is 7.90. The lowest BCUT2D eigenvalue weighted by atomic mass is 10.4. The molecule has 0 N–H and O–H groups in total. The minimum Gasteiger partial charge on any atom is -0.225 e. The average molecular weight is 241 g/mol. The molecule has 0 saturated carbocycles. The fourth-order valence-electron chi connectivity index (χ4n) is 0.317. The Bertz CT molecular complexity index is 124. The highest BCUT2D eigenvalue weighted by atomic mass is 127. The smallest absolute Gasteiger partial charge is 0.0460 e. The van der Waals surface area contributed by atoms with Crippen molar-refractivity contribution in [1.82, 2.24) is 0 Å². The van der Waals surface area contributed by atoms with Crippen LogP contribution in [-0.2, 0) is 0 Å². The summed E-state index contributed by atoms with van der Waals surface area (Å²) in [5.74, 6) is 0. The van der Waals surface area contributed by atoms with Crippen molar-refractivity contribution in [2.45, 2.75) is 13.8 Å². The lowest BCUT2D eigenvalue weighted by molar-refractivity contribution is 1.69. The Kier molecular flexibility index (Phi) is 4.64. The molecule has 0 aliphatic rings. The van der Waals surface area contributed by atoms with Crippen LogP contribution in [0.25, 0.3) is 0 Å². The second-order valence-electron chi connectivity index (χ2n) is 1.47. The summed E-state index contributed by atoms with van der Waals surface area (Å²) in [7, 11) is 0. The first-order valence-electron chi connectivity index (χ1n) is 2.19. The molecule has 8 heavy (non-hydrogen) atoms. The van der Waals surface area contributed by atoms with Gasteiger partial charge in [-0.3, -0.25) is 0 Å². The van der Waals surface area contributed by atoms with Gasteiger partial charge in [0, 0.05) is 5.71 Å². The Hall–Kier alpha value is 0.490. The van der Waals surface area contributed by atoms with Gasteiger partial charge < -0.3 is 0 Å². The Morgan fingerprint density at radius 3 is 2.25 bits per heavy atom. The van der Waals surface area contributed by atoms with E-state index in [0.29, 0.717) is 0 Å². The van der Waals surface area contributed by atoms with Crippen molar-refractivity contribution in [3.8, 4) is 0 Å². The van der Waals surface area contributed by atoms with Crippen LogP contribution in [0, 0.1) is 0 Å². The molecule has 0 aromatic carbocycles. The molecule has 46 valence electrons. The van der Waals surface area contributed by atoms with Crippen LogP contribution >= 0.6 is 35.4 Å². The van der Waals surface area contributed by atoms with Gasteiger partial charge in [0.2, 0.25) is 0 Å². The molecule has 0 aliphatic heterocycles. The molecular weight excluding hydrogens is 233 g/mol. The molecule has 0 unspecified atom stereocenters. The summed E-state index contributed by atoms with van der Waals surface area (Å²) in [5.41, 5.74) is 0.945. The highest BCUT2D eigenvalue weighted by Gasteiger charge is 1.81. The molecule has 0 aromatic heterocycles. The summed E-state index contributed by atoms with van der Waals surface area (Å²) in [6.45, 7) is 3.93. The van der Waals surface area contributed by atoms with Crippen molar-refractivity contribution >= 4 is 41.1 Å². The normalized spacial score (nSPS) is 14.5. The largest absolute Gasteiger partial charge is 0.225 e. The zero-order valence-electron chi connectivity index (χ0n) is 4.85. The maximum atomic E-state index is 3.73. The van der Waals surface area contributed by atoms with Crippen molar-refractivity contribution in [2.24, 2.45) is 4.40 Å². The van der Waals surface area contributed by atoms with Crippen LogP contribution in [0.4, 0.5) is 0 Å². The third-order valence-electron chi connectivity index (χ3n) is 0.566. The predicted molar refractivity (Wildman–Crippen MR) is 49.9 cm³/mol. The van der Waals surface area contributed by atoms with E-state index in [2.05, 4.69) is 39.8 Å². The summed E-state index contributed by atoms with van der Waals surface area (Å²) in [4.78, 5) is 0. The van der Waals surface area contributed by atoms with Crippen molar-refractivity contribution in [3.05, 3.63) is 9.66 Å². The quantitative estimate of drug-likeness (QED) is 0.411. The molecule has 0 aliphatic carbocycles. The molecule has 0 saturated heterocycles. The first-order chi connectivity index (χ1) is 3.66. The Labute approximate surface area is 69.0 Å². The van der Waals surface area contributed by atoms with Crippen LogP contribution in [0.3, 0.4) is 0 Å². The van der Waals surface area contributed by atoms with Gasteiger partial charge in [-0.2, -0.15) is 0 Å². The summed E-state index contributed by atoms with van der Waals surface area (Å²) < 4.78 is 4.88. The number of rotatable bonds is 1. The minimum atomic E-state index is 0.945. The van der Waals surface area contributed by atoms with E-state index in [0.717, 1.165) is 5.71 Å². The van der Waals surface area contributed by atoms with Gasteiger partial charge in [0.15, 0.2) is 0 Å². The Morgan fingerprint density at radius 2 is 2.12 bits per heavy atom. The molecule has 0 fully saturated rings. The molecule has 3 heteroatoms. The van der Waals surface area contributed by atoms with Crippen molar-refractivity contribution in [3.63, 3.8) is 0 Å². The second-order valence-corrected chi connectivity index (χ2v) is 3.37. The lowest BCUT2D eigenvalue weighted by Crippen LogP contribution is -1.79. The highest BCUT2D eigenvalue weighted by Crippen LogP contribution is 2.02. The molecule has 0 aromatic rings. The van der Waals surface area contributed by atoms with E-state index in [9.17, 15) is 0 Å². The highest BCUT2D eigenvalue weighted by molar-refractivity contribution is 14.1. The van der Waals surface area contributed by atoms with E-state index >= 15 is 0 Å². The minimum absolute atomic E-state index is 0.945. The first kappa shape index (κ1) is 8.49. The van der Waals surface area contributed by atoms with Crippen LogP contribution in [0.2, 0.25) is 0 Å². The maximum Gasteiger partial charge on any atom is 0.0460 e. The fourth-order valence-corrected chi connectivity index (χ4v) is 0.825. The monoisotopic (exact) mass is 241 g/mol. The summed E-state index contributed by atoms with van der Waals surface area (Å²) in [5, 5.41) is 0. The fraction of sp³-hybridized carbons (Fsp3) is 0.400. The summed E-state index contributed by atoms with van der Waals surface area (Å²) in [6.07, 6.45) is 1.97. The molecule has 1 nitrogen and oxygen atoms in total. The average Bonchev–Trinajstić information content (AvgIpc) is 1.65. The zero-order chi connectivity index (χ0) is 6.57. The summed E-state index contributed by atoms with van der Waals surface area (Å²) >= 11 is 5.96. The standard InChI is InChI=1S/C5H8INS/c1-4(6)3-5(2)7-8/h3,8H,1-2H3/b4-3-,7-5?. The van der Waals surface area contributed by atoms with Crippen LogP contribution in [0.15, 0.2) is 14.1 Å². The first-order valence-corrected chi connectivity index (χ1v) is 3.67. The number of nitrogens with zero attached hydrogens (tertiary/aromatic N) is 1. The predicted octanol–water partition coefficient (Wildman–Crippen LogP) is 2.63. The Balaban J connectivity index is 3.89. The number of allylic oxidation sites excluding steroid dienone is 2. The topological polar surface area (TPSA) is 12.4 Å². The summed E-state index contributed by atoms with van der Waals surface area (Å²) in [6, 6.07) is 0. The lowest BCUT2D eigenvalue weighted by Gasteiger charge is -1.85. The van der Waals surface area contributed by atoms with Gasteiger partial charge in [0.05, 0.1) is 0 Å². The van der Waals surface area contributed by atoms with E-state index in [1.165, 1.54) is 3.58 Å². The number of halogens is 1. The van der Waals surface area contributed by atoms with E-state index in [1.54, 1.807) is 0 Å². The molecule has 0 radical (unpaired) electrons. The number of hydrogen-bond acceptors (Lipinski definition) is 2. The van der Waals surface area contributed by atoms with Gasteiger partial charge in [-0.05, 0) is 58.9 Å². The van der Waals surface area contributed by atoms with Crippen LogP contribution in [0.1, 0.15) is 13.8 Å². The number of hydrogen-bond donors (Lipinski definition) is 1. The SMILES string of the molecule is CC(/C=C(/C)I)=NS. The molecule has 0 spiro atoms. The Morgan fingerprint density at radius 1 is 1.62 bits per heavy atom. The molecule has 0 rings (SSSR count). The van der Waals surface area contributed by atoms with E-state index < -0.39 is 0 Å². The third-order valence-corrected chi connectivity index (χ3v) is 1.19. The van der Waals surface area contributed by atoms with Gasteiger partial charge in [-0.1, -0.05) is 0 Å². The second kappa shape index (κ2) is 4.38. The van der Waals surface area contributed by atoms with Crippen LogP contribution in [0.5, 0.6) is 0 Å². The van der Waals surface area contributed by atoms with Gasteiger partial charge in [0.25, 0.3) is 0 Å². The van der Waals surface area contributed by atoms with E-state index in [-0.39, 0.29) is 0 Å². The van der Waals surface area contributed by atoms with Gasteiger partial charge in [-0.25, -0.2) is 4.40 Å². The van der Waals surface area contributed by atoms with Crippen LogP contribution in [-0.4, -0.2) is 5.71 Å². The van der Waals surface area contributed by atoms with Crippen LogP contribution < -0.4 is 0 Å². The van der Waals surface area contributed by atoms with Crippen molar-refractivity contribution < 1.29 is 0 Å². The maximum absolute atomic E-state index is 3.73. The molecule has 0 heterocycles. The van der Waals surface area contributed by atoms with E-state index in [4.69, 9.17) is 0 Å². The van der Waals surface area contributed by atoms with Gasteiger partial charge in [0.1, 0.15) is 0 Å². The number of thiol groups is 1. The van der Waals surface area contributed by atoms with Gasteiger partial charge in [-0.15, -0.1) is 0 Å². The molecular formula is C5H8INS. The van der Waals surface area contributed by atoms with Gasteiger partial charge >= 0.3 is 0 Å². The molecule has 0 amide bonds.